The Labute approximate surface area is 97.8 Å². The smallest absolute Gasteiger partial charge is 0.138 e. The van der Waals surface area contributed by atoms with E-state index >= 15 is 0 Å². The Kier molecular flexibility index (Phi) is 3.12. The number of furan rings is 1. The summed E-state index contributed by atoms with van der Waals surface area (Å²) in [6.45, 7) is 5.99. The maximum absolute atomic E-state index is 5.59. The van der Waals surface area contributed by atoms with Crippen LogP contribution in [0.15, 0.2) is 27.3 Å². The second-order valence-electron chi connectivity index (χ2n) is 3.61. The molecule has 1 N–H and O–H groups in total. The SMILES string of the molecule is CCNCc1coc2c(C)ccc(Br)c12. The van der Waals surface area contributed by atoms with Gasteiger partial charge in [0, 0.05) is 22.0 Å². The summed E-state index contributed by atoms with van der Waals surface area (Å²) < 4.78 is 6.69. The second kappa shape index (κ2) is 4.37. The van der Waals surface area contributed by atoms with Gasteiger partial charge in [0.1, 0.15) is 5.58 Å². The van der Waals surface area contributed by atoms with Crippen molar-refractivity contribution >= 4 is 26.9 Å². The average Bonchev–Trinajstić information content (AvgIpc) is 2.65. The molecule has 0 aliphatic rings. The third-order valence-corrected chi connectivity index (χ3v) is 3.17. The van der Waals surface area contributed by atoms with Gasteiger partial charge in [-0.05, 0) is 25.1 Å². The van der Waals surface area contributed by atoms with Crippen molar-refractivity contribution in [2.24, 2.45) is 0 Å². The van der Waals surface area contributed by atoms with Crippen LogP contribution in [0.1, 0.15) is 18.1 Å². The Balaban J connectivity index is 2.53. The van der Waals surface area contributed by atoms with Gasteiger partial charge in [0.2, 0.25) is 0 Å². The Hall–Kier alpha value is -0.800. The van der Waals surface area contributed by atoms with Crippen LogP contribution in [0.4, 0.5) is 0 Å². The van der Waals surface area contributed by atoms with Gasteiger partial charge in [0.05, 0.1) is 6.26 Å². The molecule has 0 spiro atoms. The zero-order valence-electron chi connectivity index (χ0n) is 8.93. The van der Waals surface area contributed by atoms with Gasteiger partial charge < -0.3 is 9.73 Å². The fourth-order valence-electron chi connectivity index (χ4n) is 1.69. The molecule has 0 atom stereocenters. The lowest BCUT2D eigenvalue weighted by molar-refractivity contribution is 0.602. The van der Waals surface area contributed by atoms with Crippen LogP contribution in [-0.2, 0) is 6.54 Å². The van der Waals surface area contributed by atoms with E-state index in [9.17, 15) is 0 Å². The highest BCUT2D eigenvalue weighted by Gasteiger charge is 2.10. The molecule has 0 saturated carbocycles. The van der Waals surface area contributed by atoms with Crippen LogP contribution in [0.25, 0.3) is 11.0 Å². The van der Waals surface area contributed by atoms with Crippen LogP contribution in [0, 0.1) is 6.92 Å². The van der Waals surface area contributed by atoms with Crippen molar-refractivity contribution in [2.45, 2.75) is 20.4 Å². The predicted octanol–water partition coefficient (Wildman–Crippen LogP) is 3.61. The molecule has 0 fully saturated rings. The molecule has 15 heavy (non-hydrogen) atoms. The second-order valence-corrected chi connectivity index (χ2v) is 4.46. The van der Waals surface area contributed by atoms with Crippen molar-refractivity contribution in [2.75, 3.05) is 6.54 Å². The molecule has 2 nitrogen and oxygen atoms in total. The normalized spacial score (nSPS) is 11.1. The van der Waals surface area contributed by atoms with E-state index in [1.165, 1.54) is 16.5 Å². The first-order valence-corrected chi connectivity index (χ1v) is 5.89. The van der Waals surface area contributed by atoms with Crippen molar-refractivity contribution < 1.29 is 4.42 Å². The van der Waals surface area contributed by atoms with Gasteiger partial charge in [-0.25, -0.2) is 0 Å². The topological polar surface area (TPSA) is 25.2 Å². The Morgan fingerprint density at radius 1 is 1.40 bits per heavy atom. The maximum atomic E-state index is 5.59. The molecular formula is C12H14BrNO. The summed E-state index contributed by atoms with van der Waals surface area (Å²) in [5.74, 6) is 0. The molecule has 2 rings (SSSR count). The first kappa shape index (κ1) is 10.7. The third kappa shape index (κ3) is 1.94. The van der Waals surface area contributed by atoms with Gasteiger partial charge >= 0.3 is 0 Å². The summed E-state index contributed by atoms with van der Waals surface area (Å²) in [5.41, 5.74) is 3.37. The van der Waals surface area contributed by atoms with Crippen molar-refractivity contribution in [3.63, 3.8) is 0 Å². The zero-order chi connectivity index (χ0) is 10.8. The minimum absolute atomic E-state index is 0.853. The van der Waals surface area contributed by atoms with Crippen LogP contribution in [0.2, 0.25) is 0 Å². The Morgan fingerprint density at radius 3 is 2.93 bits per heavy atom. The standard InChI is InChI=1S/C12H14BrNO/c1-3-14-6-9-7-15-12-8(2)4-5-10(13)11(9)12/h4-5,7,14H,3,6H2,1-2H3. The number of aryl methyl sites for hydroxylation is 1. The number of benzene rings is 1. The molecule has 0 aliphatic heterocycles. The van der Waals surface area contributed by atoms with E-state index in [4.69, 9.17) is 4.42 Å². The summed E-state index contributed by atoms with van der Waals surface area (Å²) in [5, 5.41) is 4.50. The number of nitrogens with one attached hydrogen (secondary N) is 1. The van der Waals surface area contributed by atoms with E-state index in [1.807, 2.05) is 6.26 Å². The first-order chi connectivity index (χ1) is 7.24. The molecule has 2 aromatic rings. The molecular weight excluding hydrogens is 254 g/mol. The van der Waals surface area contributed by atoms with Gasteiger partial charge in [0.15, 0.2) is 0 Å². The highest BCUT2D eigenvalue weighted by Crippen LogP contribution is 2.31. The molecule has 0 amide bonds. The molecule has 3 heteroatoms. The molecule has 80 valence electrons. The van der Waals surface area contributed by atoms with E-state index in [1.54, 1.807) is 0 Å². The van der Waals surface area contributed by atoms with Crippen molar-refractivity contribution in [1.29, 1.82) is 0 Å². The van der Waals surface area contributed by atoms with Crippen molar-refractivity contribution in [1.82, 2.24) is 5.32 Å². The van der Waals surface area contributed by atoms with Gasteiger partial charge in [-0.15, -0.1) is 0 Å². The quantitative estimate of drug-likeness (QED) is 0.919. The molecule has 0 radical (unpaired) electrons. The molecule has 0 unspecified atom stereocenters. The van der Waals surface area contributed by atoms with Crippen LogP contribution in [-0.4, -0.2) is 6.54 Å². The number of hydrogen-bond donors (Lipinski definition) is 1. The van der Waals surface area contributed by atoms with Gasteiger partial charge in [-0.3, -0.25) is 0 Å². The lowest BCUT2D eigenvalue weighted by Gasteiger charge is -2.01. The molecule has 0 bridgehead atoms. The highest BCUT2D eigenvalue weighted by molar-refractivity contribution is 9.10. The van der Waals surface area contributed by atoms with Gasteiger partial charge in [-0.1, -0.05) is 28.9 Å². The average molecular weight is 268 g/mol. The van der Waals surface area contributed by atoms with E-state index in [0.717, 1.165) is 23.1 Å². The van der Waals surface area contributed by atoms with Crippen LogP contribution in [0.5, 0.6) is 0 Å². The van der Waals surface area contributed by atoms with Crippen molar-refractivity contribution in [3.05, 3.63) is 34.0 Å². The predicted molar refractivity (Wildman–Crippen MR) is 66.0 cm³/mol. The molecule has 1 heterocycles. The largest absolute Gasteiger partial charge is 0.464 e. The minimum Gasteiger partial charge on any atom is -0.464 e. The molecule has 0 saturated heterocycles. The number of hydrogen-bond acceptors (Lipinski definition) is 2. The summed E-state index contributed by atoms with van der Waals surface area (Å²) in [7, 11) is 0. The van der Waals surface area contributed by atoms with Crippen LogP contribution < -0.4 is 5.32 Å². The Morgan fingerprint density at radius 2 is 2.20 bits per heavy atom. The van der Waals surface area contributed by atoms with Crippen LogP contribution in [0.3, 0.4) is 0 Å². The lowest BCUT2D eigenvalue weighted by Crippen LogP contribution is -2.11. The maximum Gasteiger partial charge on any atom is 0.138 e. The highest BCUT2D eigenvalue weighted by atomic mass is 79.9. The monoisotopic (exact) mass is 267 g/mol. The van der Waals surface area contributed by atoms with Gasteiger partial charge in [0.25, 0.3) is 0 Å². The van der Waals surface area contributed by atoms with E-state index in [0.29, 0.717) is 0 Å². The fraction of sp³-hybridized carbons (Fsp3) is 0.333. The van der Waals surface area contributed by atoms with E-state index < -0.39 is 0 Å². The van der Waals surface area contributed by atoms with Crippen molar-refractivity contribution in [3.8, 4) is 0 Å². The summed E-state index contributed by atoms with van der Waals surface area (Å²) in [4.78, 5) is 0. The molecule has 0 aliphatic carbocycles. The third-order valence-electron chi connectivity index (χ3n) is 2.51. The van der Waals surface area contributed by atoms with Gasteiger partial charge in [-0.2, -0.15) is 0 Å². The fourth-order valence-corrected chi connectivity index (χ4v) is 2.26. The number of fused-ring (bicyclic) bond motifs is 1. The summed E-state index contributed by atoms with van der Waals surface area (Å²) in [6.07, 6.45) is 1.84. The Bertz CT molecular complexity index is 476. The van der Waals surface area contributed by atoms with E-state index in [-0.39, 0.29) is 0 Å². The lowest BCUT2D eigenvalue weighted by atomic mass is 10.1. The molecule has 1 aromatic heterocycles. The van der Waals surface area contributed by atoms with Crippen LogP contribution >= 0.6 is 15.9 Å². The zero-order valence-corrected chi connectivity index (χ0v) is 10.5. The number of halogens is 1. The molecule has 1 aromatic carbocycles. The van der Waals surface area contributed by atoms with E-state index in [2.05, 4.69) is 47.2 Å². The number of rotatable bonds is 3. The summed E-state index contributed by atoms with van der Waals surface area (Å²) in [6, 6.07) is 4.13. The minimum atomic E-state index is 0.853. The summed E-state index contributed by atoms with van der Waals surface area (Å²) >= 11 is 3.57. The first-order valence-electron chi connectivity index (χ1n) is 5.10.